The van der Waals surface area contributed by atoms with Crippen LogP contribution in [-0.2, 0) is 4.79 Å². The maximum absolute atomic E-state index is 12.4. The van der Waals surface area contributed by atoms with Gasteiger partial charge in [0, 0.05) is 13.0 Å². The molecule has 24 heavy (non-hydrogen) atoms. The lowest BCUT2D eigenvalue weighted by Gasteiger charge is -2.19. The molecule has 5 heteroatoms. The Morgan fingerprint density at radius 1 is 1.21 bits per heavy atom. The summed E-state index contributed by atoms with van der Waals surface area (Å²) in [7, 11) is 0. The van der Waals surface area contributed by atoms with Gasteiger partial charge in [0.1, 0.15) is 11.9 Å². The predicted octanol–water partition coefficient (Wildman–Crippen LogP) is 3.44. The summed E-state index contributed by atoms with van der Waals surface area (Å²) in [4.78, 5) is 14.1. The molecular formula is C19H20ClNO3. The van der Waals surface area contributed by atoms with Crippen molar-refractivity contribution in [1.29, 1.82) is 0 Å². The topological polar surface area (TPSA) is 49.8 Å². The van der Waals surface area contributed by atoms with Gasteiger partial charge in [0.2, 0.25) is 5.91 Å². The van der Waals surface area contributed by atoms with Crippen LogP contribution in [0.1, 0.15) is 24.5 Å². The SMILES string of the molecule is O=C(CC(O)c1ccccc1)N1CCC(Oc2ccccc2Cl)C1. The van der Waals surface area contributed by atoms with Crippen LogP contribution in [0.5, 0.6) is 5.75 Å². The summed E-state index contributed by atoms with van der Waals surface area (Å²) in [5.74, 6) is 0.583. The van der Waals surface area contributed by atoms with Crippen molar-refractivity contribution in [2.24, 2.45) is 0 Å². The van der Waals surface area contributed by atoms with Gasteiger partial charge in [-0.15, -0.1) is 0 Å². The second-order valence-electron chi connectivity index (χ2n) is 5.93. The van der Waals surface area contributed by atoms with Gasteiger partial charge in [-0.05, 0) is 17.7 Å². The number of rotatable bonds is 5. The minimum atomic E-state index is -0.776. The lowest BCUT2D eigenvalue weighted by Crippen LogP contribution is -2.31. The Morgan fingerprint density at radius 2 is 1.92 bits per heavy atom. The molecule has 0 bridgehead atoms. The first-order chi connectivity index (χ1) is 11.6. The molecule has 2 atom stereocenters. The molecule has 0 aliphatic carbocycles. The van der Waals surface area contributed by atoms with E-state index >= 15 is 0 Å². The first-order valence-electron chi connectivity index (χ1n) is 8.05. The van der Waals surface area contributed by atoms with Crippen molar-refractivity contribution in [1.82, 2.24) is 4.90 Å². The number of benzene rings is 2. The molecule has 1 saturated heterocycles. The zero-order valence-electron chi connectivity index (χ0n) is 13.3. The molecule has 126 valence electrons. The number of hydrogen-bond acceptors (Lipinski definition) is 3. The largest absolute Gasteiger partial charge is 0.487 e. The van der Waals surface area contributed by atoms with Crippen molar-refractivity contribution in [2.45, 2.75) is 25.0 Å². The molecule has 0 spiro atoms. The minimum Gasteiger partial charge on any atom is -0.487 e. The Kier molecular flexibility index (Phi) is 5.38. The van der Waals surface area contributed by atoms with E-state index < -0.39 is 6.10 Å². The number of amides is 1. The van der Waals surface area contributed by atoms with Crippen molar-refractivity contribution >= 4 is 17.5 Å². The molecule has 0 radical (unpaired) electrons. The number of likely N-dealkylation sites (tertiary alicyclic amines) is 1. The van der Waals surface area contributed by atoms with Crippen LogP contribution in [0.4, 0.5) is 0 Å². The van der Waals surface area contributed by atoms with Crippen LogP contribution >= 0.6 is 11.6 Å². The number of ether oxygens (including phenoxy) is 1. The summed E-state index contributed by atoms with van der Waals surface area (Å²) in [5.41, 5.74) is 0.758. The molecule has 1 fully saturated rings. The smallest absolute Gasteiger partial charge is 0.225 e. The maximum atomic E-state index is 12.4. The Bertz CT molecular complexity index is 692. The summed E-state index contributed by atoms with van der Waals surface area (Å²) >= 11 is 6.10. The fraction of sp³-hybridized carbons (Fsp3) is 0.316. The van der Waals surface area contributed by atoms with E-state index in [2.05, 4.69) is 0 Å². The normalized spacial score (nSPS) is 18.4. The number of carbonyl (C=O) groups excluding carboxylic acids is 1. The highest BCUT2D eigenvalue weighted by molar-refractivity contribution is 6.32. The van der Waals surface area contributed by atoms with Gasteiger partial charge < -0.3 is 14.7 Å². The van der Waals surface area contributed by atoms with Gasteiger partial charge >= 0.3 is 0 Å². The third-order valence-electron chi connectivity index (χ3n) is 4.18. The van der Waals surface area contributed by atoms with Crippen LogP contribution in [0.15, 0.2) is 54.6 Å². The van der Waals surface area contributed by atoms with E-state index in [0.717, 1.165) is 12.0 Å². The second kappa shape index (κ2) is 7.69. The van der Waals surface area contributed by atoms with E-state index in [1.165, 1.54) is 0 Å². The average Bonchev–Trinajstić information content (AvgIpc) is 3.06. The van der Waals surface area contributed by atoms with Gasteiger partial charge in [-0.2, -0.15) is 0 Å². The lowest BCUT2D eigenvalue weighted by molar-refractivity contribution is -0.132. The lowest BCUT2D eigenvalue weighted by atomic mass is 10.1. The molecule has 0 saturated carbocycles. The molecule has 3 rings (SSSR count). The Balaban J connectivity index is 1.53. The van der Waals surface area contributed by atoms with Crippen LogP contribution in [-0.4, -0.2) is 35.1 Å². The molecule has 1 N–H and O–H groups in total. The van der Waals surface area contributed by atoms with Crippen LogP contribution in [0.25, 0.3) is 0 Å². The highest BCUT2D eigenvalue weighted by atomic mass is 35.5. The third-order valence-corrected chi connectivity index (χ3v) is 4.49. The van der Waals surface area contributed by atoms with E-state index in [1.807, 2.05) is 48.5 Å². The van der Waals surface area contributed by atoms with Crippen LogP contribution in [0.2, 0.25) is 5.02 Å². The molecule has 2 aromatic carbocycles. The number of nitrogens with zero attached hydrogens (tertiary/aromatic N) is 1. The first-order valence-corrected chi connectivity index (χ1v) is 8.43. The van der Waals surface area contributed by atoms with Crippen molar-refractivity contribution in [3.8, 4) is 5.75 Å². The molecule has 1 aliphatic heterocycles. The molecular weight excluding hydrogens is 326 g/mol. The fourth-order valence-corrected chi connectivity index (χ4v) is 3.04. The van der Waals surface area contributed by atoms with Gasteiger partial charge in [0.15, 0.2) is 0 Å². The molecule has 2 unspecified atom stereocenters. The van der Waals surface area contributed by atoms with Crippen molar-refractivity contribution < 1.29 is 14.6 Å². The highest BCUT2D eigenvalue weighted by Gasteiger charge is 2.29. The fourth-order valence-electron chi connectivity index (χ4n) is 2.86. The number of aliphatic hydroxyl groups excluding tert-OH is 1. The first kappa shape index (κ1) is 16.8. The number of hydrogen-bond donors (Lipinski definition) is 1. The molecule has 2 aromatic rings. The standard InChI is InChI=1S/C19H20ClNO3/c20-16-8-4-5-9-18(16)24-15-10-11-21(13-15)19(23)12-17(22)14-6-2-1-3-7-14/h1-9,15,17,22H,10-13H2. The average molecular weight is 346 g/mol. The van der Waals surface area contributed by atoms with E-state index in [-0.39, 0.29) is 18.4 Å². The Labute approximate surface area is 146 Å². The molecule has 1 amide bonds. The van der Waals surface area contributed by atoms with Crippen molar-refractivity contribution in [2.75, 3.05) is 13.1 Å². The second-order valence-corrected chi connectivity index (χ2v) is 6.34. The van der Waals surface area contributed by atoms with Gasteiger partial charge in [-0.25, -0.2) is 0 Å². The molecule has 1 heterocycles. The zero-order valence-corrected chi connectivity index (χ0v) is 14.0. The maximum Gasteiger partial charge on any atom is 0.225 e. The number of carbonyl (C=O) groups is 1. The van der Waals surface area contributed by atoms with Crippen LogP contribution in [0, 0.1) is 0 Å². The summed E-state index contributed by atoms with van der Waals surface area (Å²) < 4.78 is 5.89. The Morgan fingerprint density at radius 3 is 2.67 bits per heavy atom. The number of halogens is 1. The molecule has 4 nitrogen and oxygen atoms in total. The Hall–Kier alpha value is -2.04. The summed E-state index contributed by atoms with van der Waals surface area (Å²) in [6.07, 6.45) is 0.00580. The summed E-state index contributed by atoms with van der Waals surface area (Å²) in [5, 5.41) is 10.8. The van der Waals surface area contributed by atoms with Gasteiger partial charge in [0.25, 0.3) is 0 Å². The summed E-state index contributed by atoms with van der Waals surface area (Å²) in [6, 6.07) is 16.6. The quantitative estimate of drug-likeness (QED) is 0.903. The van der Waals surface area contributed by atoms with E-state index in [0.29, 0.717) is 23.9 Å². The number of aliphatic hydroxyl groups is 1. The number of para-hydroxylation sites is 1. The highest BCUT2D eigenvalue weighted by Crippen LogP contribution is 2.27. The van der Waals surface area contributed by atoms with Crippen molar-refractivity contribution in [3.05, 3.63) is 65.2 Å². The van der Waals surface area contributed by atoms with E-state index in [4.69, 9.17) is 16.3 Å². The van der Waals surface area contributed by atoms with Gasteiger partial charge in [-0.1, -0.05) is 54.1 Å². The van der Waals surface area contributed by atoms with Gasteiger partial charge in [0.05, 0.1) is 24.1 Å². The monoisotopic (exact) mass is 345 g/mol. The predicted molar refractivity (Wildman–Crippen MR) is 93.1 cm³/mol. The van der Waals surface area contributed by atoms with E-state index in [9.17, 15) is 9.90 Å². The van der Waals surface area contributed by atoms with Crippen molar-refractivity contribution in [3.63, 3.8) is 0 Å². The van der Waals surface area contributed by atoms with E-state index in [1.54, 1.807) is 11.0 Å². The molecule has 0 aromatic heterocycles. The van der Waals surface area contributed by atoms with Crippen LogP contribution in [0.3, 0.4) is 0 Å². The zero-order chi connectivity index (χ0) is 16.9. The third kappa shape index (κ3) is 4.08. The minimum absolute atomic E-state index is 0.0587. The van der Waals surface area contributed by atoms with Gasteiger partial charge in [-0.3, -0.25) is 4.79 Å². The molecule has 1 aliphatic rings. The van der Waals surface area contributed by atoms with Crippen LogP contribution < -0.4 is 4.74 Å². The summed E-state index contributed by atoms with van der Waals surface area (Å²) in [6.45, 7) is 1.15.